The Hall–Kier alpha value is -11.4. The van der Waals surface area contributed by atoms with E-state index in [1.807, 2.05) is 51.1 Å². The summed E-state index contributed by atoms with van der Waals surface area (Å²) in [5.41, 5.74) is 36.1. The van der Waals surface area contributed by atoms with Gasteiger partial charge in [-0.05, 0) is 140 Å². The van der Waals surface area contributed by atoms with Crippen molar-refractivity contribution in [1.82, 2.24) is 39.9 Å². The number of carbonyl (C=O) groups is 4. The summed E-state index contributed by atoms with van der Waals surface area (Å²) in [5, 5.41) is 50.4. The molecule has 34 nitrogen and oxygen atoms in total. The van der Waals surface area contributed by atoms with E-state index in [9.17, 15) is 46.1 Å². The van der Waals surface area contributed by atoms with E-state index in [1.165, 1.54) is 12.5 Å². The summed E-state index contributed by atoms with van der Waals surface area (Å²) in [6.45, 7) is 16.6. The number of carbonyl (C=O) groups excluding carboxylic acids is 2. The minimum atomic E-state index is -3.15. The Morgan fingerprint density at radius 1 is 0.467 bits per heavy atom. The highest BCUT2D eigenvalue weighted by Crippen LogP contribution is 2.34. The summed E-state index contributed by atoms with van der Waals surface area (Å²) >= 11 is 0. The maximum atomic E-state index is 11.8. The van der Waals surface area contributed by atoms with E-state index in [-0.39, 0.29) is 73.4 Å². The lowest BCUT2D eigenvalue weighted by Gasteiger charge is -2.23. The first-order valence-corrected chi connectivity index (χ1v) is 44.7. The van der Waals surface area contributed by atoms with Crippen LogP contribution in [0.2, 0.25) is 0 Å². The van der Waals surface area contributed by atoms with Crippen LogP contribution in [0.3, 0.4) is 0 Å². The number of hydrogen-bond donors (Lipinski definition) is 12. The number of nitrogen functional groups attached to an aromatic ring is 4. The van der Waals surface area contributed by atoms with E-state index >= 15 is 0 Å². The lowest BCUT2D eigenvalue weighted by atomic mass is 9.79. The predicted octanol–water partition coefficient (Wildman–Crippen LogP) is 9.51. The number of methoxy groups -OCH3 is 4. The van der Waals surface area contributed by atoms with Gasteiger partial charge in [-0.1, -0.05) is 109 Å². The topological polar surface area (TPSA) is 528 Å². The van der Waals surface area contributed by atoms with Crippen LogP contribution < -0.4 is 68.6 Å². The Bertz CT molecular complexity index is 4940. The van der Waals surface area contributed by atoms with Crippen molar-refractivity contribution in [2.45, 2.75) is 196 Å². The predicted molar refractivity (Wildman–Crippen MR) is 476 cm³/mol. The zero-order chi connectivity index (χ0) is 90.1. The summed E-state index contributed by atoms with van der Waals surface area (Å²) in [6, 6.07) is 21.4. The van der Waals surface area contributed by atoms with Crippen molar-refractivity contribution in [3.05, 3.63) is 157 Å². The lowest BCUT2D eigenvalue weighted by Crippen LogP contribution is -2.30. The molecule has 0 amide bonds. The van der Waals surface area contributed by atoms with Gasteiger partial charge in [-0.25, -0.2) is 36.8 Å². The fraction of sp³-hybridized carbons (Fsp3) is 0.482. The molecule has 0 spiro atoms. The van der Waals surface area contributed by atoms with Crippen molar-refractivity contribution in [2.75, 3.05) is 116 Å². The molecule has 0 aliphatic heterocycles. The van der Waals surface area contributed by atoms with Gasteiger partial charge >= 0.3 is 19.1 Å². The molecule has 0 aliphatic carbocycles. The molecule has 0 bridgehead atoms. The molecule has 0 radical (unpaired) electrons. The zero-order valence-electron chi connectivity index (χ0n) is 72.4. The van der Waals surface area contributed by atoms with Gasteiger partial charge in [0, 0.05) is 116 Å². The molecule has 8 aromatic rings. The maximum Gasteiger partial charge on any atom is 0.488 e. The number of nitrogens with two attached hydrogens (primary N) is 4. The number of rotatable bonds is 49. The Morgan fingerprint density at radius 2 is 0.877 bits per heavy atom. The molecule has 666 valence electrons. The largest absolute Gasteiger partial charge is 0.496 e. The fourth-order valence-corrected chi connectivity index (χ4v) is 14.6. The van der Waals surface area contributed by atoms with E-state index in [0.717, 1.165) is 156 Å². The molecule has 16 N–H and O–H groups in total. The maximum absolute atomic E-state index is 11.8. The van der Waals surface area contributed by atoms with E-state index < -0.39 is 38.7 Å². The van der Waals surface area contributed by atoms with E-state index in [0.29, 0.717) is 121 Å². The number of carboxylic acids is 2. The Balaban J connectivity index is 0.000000292. The second-order valence-corrected chi connectivity index (χ2v) is 33.9. The molecule has 4 aromatic carbocycles. The monoisotopic (exact) mass is 1730 g/mol. The van der Waals surface area contributed by atoms with Gasteiger partial charge in [-0.3, -0.25) is 19.2 Å². The molecule has 122 heavy (non-hydrogen) atoms. The molecule has 0 aliphatic rings. The van der Waals surface area contributed by atoms with E-state index in [4.69, 9.17) is 61.6 Å². The van der Waals surface area contributed by atoms with Crippen LogP contribution in [0.15, 0.2) is 72.8 Å². The summed E-state index contributed by atoms with van der Waals surface area (Å²) in [4.78, 5) is 78.2. The van der Waals surface area contributed by atoms with Crippen LogP contribution in [0, 0.1) is 20.8 Å². The number of nitrogens with one attached hydrogen (secondary N) is 4. The lowest BCUT2D eigenvalue weighted by molar-refractivity contribution is -0.137. The minimum absolute atomic E-state index is 0.0386. The number of sulfone groups is 2. The van der Waals surface area contributed by atoms with Crippen molar-refractivity contribution in [1.29, 1.82) is 0 Å². The van der Waals surface area contributed by atoms with Crippen molar-refractivity contribution >= 4 is 104 Å². The van der Waals surface area contributed by atoms with Crippen molar-refractivity contribution in [3.63, 3.8) is 0 Å². The first-order valence-electron chi connectivity index (χ1n) is 40.6. The second-order valence-electron chi connectivity index (χ2n) is 29.4. The van der Waals surface area contributed by atoms with Gasteiger partial charge in [0.25, 0.3) is 12.9 Å². The smallest absolute Gasteiger partial charge is 0.488 e. The number of aromatic nitrogens is 8. The molecular formula is C85H123BN16O18S2. The zero-order valence-corrected chi connectivity index (χ0v) is 74.0. The molecule has 0 unspecified atom stereocenters. The minimum Gasteiger partial charge on any atom is -0.496 e. The normalized spacial score (nSPS) is 11.5. The summed E-state index contributed by atoms with van der Waals surface area (Å²) in [7, 11) is -1.45. The fourth-order valence-electron chi connectivity index (χ4n) is 13.2. The summed E-state index contributed by atoms with van der Waals surface area (Å²) in [6.07, 6.45) is 15.5. The van der Waals surface area contributed by atoms with Gasteiger partial charge in [0.05, 0.1) is 58.7 Å². The highest BCUT2D eigenvalue weighted by Gasteiger charge is 2.25. The van der Waals surface area contributed by atoms with Crippen LogP contribution >= 0.6 is 0 Å². The number of hydrogen-bond acceptors (Lipinski definition) is 32. The Morgan fingerprint density at radius 3 is 1.32 bits per heavy atom. The molecule has 4 aromatic heterocycles. The number of carboxylic acid groups (broad SMARTS) is 2. The van der Waals surface area contributed by atoms with E-state index in [1.54, 1.807) is 70.9 Å². The van der Waals surface area contributed by atoms with Crippen molar-refractivity contribution in [2.24, 2.45) is 0 Å². The van der Waals surface area contributed by atoms with Crippen LogP contribution in [0.5, 0.6) is 23.0 Å². The number of aryl methyl sites for hydroxylation is 4. The molecule has 4 heterocycles. The molecule has 2 atom stereocenters. The summed E-state index contributed by atoms with van der Waals surface area (Å²) in [5.74, 6) is 4.20. The number of aliphatic carboxylic acids is 2. The van der Waals surface area contributed by atoms with Crippen molar-refractivity contribution < 1.29 is 84.7 Å². The van der Waals surface area contributed by atoms with Gasteiger partial charge in [-0.2, -0.15) is 19.9 Å². The van der Waals surface area contributed by atoms with E-state index in [2.05, 4.69) is 88.8 Å². The average molecular weight is 1730 g/mol. The first kappa shape index (κ1) is 101. The van der Waals surface area contributed by atoms with Crippen LogP contribution in [-0.2, 0) is 99.9 Å². The Labute approximate surface area is 716 Å². The third kappa shape index (κ3) is 35.3. The molecule has 37 heteroatoms. The number of benzene rings is 4. The number of nitrogens with zero attached hydrogens (tertiary/aromatic N) is 8. The first-order chi connectivity index (χ1) is 58.1. The van der Waals surface area contributed by atoms with Crippen LogP contribution in [-0.4, -0.2) is 193 Å². The Kier molecular flexibility index (Phi) is 43.1. The third-order valence-electron chi connectivity index (χ3n) is 19.6. The van der Waals surface area contributed by atoms with Crippen LogP contribution in [0.25, 0.3) is 0 Å². The van der Waals surface area contributed by atoms with Crippen LogP contribution in [0.1, 0.15) is 195 Å². The highest BCUT2D eigenvalue weighted by molar-refractivity contribution is 7.90. The van der Waals surface area contributed by atoms with Crippen molar-refractivity contribution in [3.8, 4) is 23.0 Å². The standard InChI is InChI=1S/C25H36N4O7S.C23H34N4O5S.C20H28N4O3.C17H25BN4O3/c1-4-5-6-20(10-12-37(3,32)33)27-24-21(22(9-11-35-16-30)28-25(26)29-24)14-19-13-18(15-36-17-31)7-8-23(19)34-2;1-5-6-7-18(10-11-33(4,30)31)26-22-19(15(2)25-23(24)27-22)14-17-12-16(13-21(28)29)8-9-20(17)32-3;1-4-5-10-22-19-16(13(2)23-20(21)24-19)12-15-8-6-14(7-9-18(25)26)11-17(15)27-3;1-4-5-8-20-16-14(11(2)21-17(19)22-16)10-12-9-13(18(23)24)6-7-15(12)25-3/h7-8,13,16-17,20H,4-6,9-12,14-15H2,1-3H3,(H3,26,27,28,29);8-9,12,18H,5-7,10-11,13-14H2,1-4H3,(H,28,29)(H3,24,25,26,27);6,8,11H,4-5,7,9-10,12H2,1-3H3,(H,25,26)(H3,21,22,23,24);6-7,9,23-24H,4-5,8,10H2,1-3H3,(H3,19,20,21,22)/t20-;18-;;/m00../s1. The van der Waals surface area contributed by atoms with Gasteiger partial charge in [0.15, 0.2) is 0 Å². The van der Waals surface area contributed by atoms with Gasteiger partial charge in [-0.15, -0.1) is 0 Å². The number of anilines is 8. The molecule has 0 saturated carbocycles. The number of ether oxygens (including phenoxy) is 6. The summed E-state index contributed by atoms with van der Waals surface area (Å²) < 4.78 is 78.9. The second kappa shape index (κ2) is 52.0. The SMILES string of the molecule is CCCCNc1nc(N)nc(C)c1Cc1cc(B(O)O)ccc1OC.CCCCNc1nc(N)nc(C)c1Cc1ccc(CCC(=O)O)cc1OC.CCCC[C@@H](CCS(C)(=O)=O)Nc1nc(N)nc(C)c1Cc1cc(CC(=O)O)ccc1OC.CCCC[C@@H](CCS(C)(=O)=O)Nc1nc(N)nc(CCOC=O)c1Cc1cc(COC=O)ccc1OC. The van der Waals surface area contributed by atoms with Crippen LogP contribution in [0.4, 0.5) is 47.1 Å². The molecular weight excluding hydrogens is 1610 g/mol. The molecule has 0 saturated heterocycles. The van der Waals surface area contributed by atoms with Gasteiger partial charge in [0.1, 0.15) is 72.6 Å². The quantitative estimate of drug-likeness (QED) is 0.00958. The van der Waals surface area contributed by atoms with Gasteiger partial charge < -0.3 is 92.9 Å². The molecule has 0 fully saturated rings. The molecule has 8 rings (SSSR count). The number of unbranched alkanes of at least 4 members (excludes halogenated alkanes) is 4. The average Bonchev–Trinajstić information content (AvgIpc) is 0.789. The highest BCUT2D eigenvalue weighted by atomic mass is 32.2. The van der Waals surface area contributed by atoms with Gasteiger partial charge in [0.2, 0.25) is 23.8 Å². The third-order valence-corrected chi connectivity index (χ3v) is 21.5.